The summed E-state index contributed by atoms with van der Waals surface area (Å²) >= 11 is 7.26. The molecule has 0 radical (unpaired) electrons. The Hall–Kier alpha value is -0.810. The van der Waals surface area contributed by atoms with E-state index >= 15 is 0 Å². The number of hydrogen-bond donors (Lipinski definition) is 0. The van der Waals surface area contributed by atoms with Gasteiger partial charge < -0.3 is 9.47 Å². The molecular formula is C13H18ClNO3S. The zero-order chi connectivity index (χ0) is 13.8. The van der Waals surface area contributed by atoms with Gasteiger partial charge in [0, 0.05) is 11.3 Å². The molecule has 0 aliphatic heterocycles. The van der Waals surface area contributed by atoms with Gasteiger partial charge in [-0.15, -0.1) is 0 Å². The van der Waals surface area contributed by atoms with Gasteiger partial charge in [0.25, 0.3) is 5.19 Å². The van der Waals surface area contributed by atoms with E-state index in [-0.39, 0.29) is 5.97 Å². The molecule has 0 bridgehead atoms. The number of methoxy groups -OCH3 is 1. The number of carbonyl (C=O) groups is 1. The molecule has 2 unspecified atom stereocenters. The molecule has 6 heteroatoms. The number of ether oxygens (including phenoxy) is 2. The first kappa shape index (κ1) is 14.6. The van der Waals surface area contributed by atoms with Crippen LogP contribution in [0.1, 0.15) is 36.8 Å². The first-order valence-corrected chi connectivity index (χ1v) is 7.70. The van der Waals surface area contributed by atoms with Crippen LogP contribution in [0.25, 0.3) is 0 Å². The Labute approximate surface area is 122 Å². The smallest absolute Gasteiger partial charge is 0.307 e. The minimum absolute atomic E-state index is 0.205. The minimum atomic E-state index is -0.550. The van der Waals surface area contributed by atoms with Crippen molar-refractivity contribution in [1.82, 2.24) is 4.98 Å². The van der Waals surface area contributed by atoms with Gasteiger partial charge in [0.2, 0.25) is 0 Å². The molecule has 4 nitrogen and oxygen atoms in total. The monoisotopic (exact) mass is 303 g/mol. The number of halogens is 1. The molecular weight excluding hydrogens is 286 g/mol. The van der Waals surface area contributed by atoms with Gasteiger partial charge in [-0.05, 0) is 38.5 Å². The summed E-state index contributed by atoms with van der Waals surface area (Å²) in [7, 11) is 1.64. The van der Waals surface area contributed by atoms with Crippen molar-refractivity contribution in [3.8, 4) is 5.19 Å². The normalized spacial score (nSPS) is 20.3. The lowest BCUT2D eigenvalue weighted by Crippen LogP contribution is -2.15. The Morgan fingerprint density at radius 1 is 1.53 bits per heavy atom. The van der Waals surface area contributed by atoms with Gasteiger partial charge in [-0.1, -0.05) is 22.9 Å². The van der Waals surface area contributed by atoms with E-state index in [0.717, 1.165) is 36.6 Å². The molecule has 19 heavy (non-hydrogen) atoms. The second-order valence-corrected chi connectivity index (χ2v) is 6.39. The third-order valence-electron chi connectivity index (χ3n) is 3.25. The zero-order valence-electron chi connectivity index (χ0n) is 11.1. The van der Waals surface area contributed by atoms with Gasteiger partial charge in [-0.3, -0.25) is 4.79 Å². The fourth-order valence-corrected chi connectivity index (χ4v) is 3.36. The first-order chi connectivity index (χ1) is 9.08. The van der Waals surface area contributed by atoms with Gasteiger partial charge in [0.1, 0.15) is 0 Å². The van der Waals surface area contributed by atoms with Crippen LogP contribution in [0.4, 0.5) is 0 Å². The van der Waals surface area contributed by atoms with Gasteiger partial charge in [-0.25, -0.2) is 4.98 Å². The number of nitrogens with zero attached hydrogens (tertiary/aromatic N) is 1. The third kappa shape index (κ3) is 4.08. The van der Waals surface area contributed by atoms with Gasteiger partial charge in [0.15, 0.2) is 5.56 Å². The van der Waals surface area contributed by atoms with Crippen molar-refractivity contribution >= 4 is 28.9 Å². The number of alkyl halides is 1. The molecule has 1 aliphatic rings. The average Bonchev–Trinajstić information content (AvgIpc) is 2.66. The number of hydrogen-bond acceptors (Lipinski definition) is 5. The topological polar surface area (TPSA) is 48.4 Å². The summed E-state index contributed by atoms with van der Waals surface area (Å²) in [4.78, 5) is 17.3. The number of rotatable bonds is 4. The lowest BCUT2D eigenvalue weighted by molar-refractivity contribution is -0.146. The SMILES string of the molecule is COc1nc2c(s1)CCC(CC(=O)OC(C)Cl)CC2. The van der Waals surface area contributed by atoms with Crippen LogP contribution in [0.5, 0.6) is 5.19 Å². The van der Waals surface area contributed by atoms with Crippen LogP contribution in [0.15, 0.2) is 0 Å². The number of carbonyl (C=O) groups excluding carboxylic acids is 1. The van der Waals surface area contributed by atoms with E-state index in [1.54, 1.807) is 25.4 Å². The van der Waals surface area contributed by atoms with Crippen molar-refractivity contribution in [3.63, 3.8) is 0 Å². The molecule has 2 rings (SSSR count). The van der Waals surface area contributed by atoms with Crippen LogP contribution in [-0.4, -0.2) is 23.6 Å². The summed E-state index contributed by atoms with van der Waals surface area (Å²) in [5.74, 6) is 0.151. The third-order valence-corrected chi connectivity index (χ3v) is 4.46. The van der Waals surface area contributed by atoms with Crippen molar-refractivity contribution in [2.24, 2.45) is 5.92 Å². The molecule has 1 aromatic rings. The Bertz CT molecular complexity index is 422. The van der Waals surface area contributed by atoms with Crippen LogP contribution in [0.3, 0.4) is 0 Å². The summed E-state index contributed by atoms with van der Waals surface area (Å²) in [6.45, 7) is 1.65. The molecule has 0 N–H and O–H groups in total. The van der Waals surface area contributed by atoms with E-state index in [9.17, 15) is 4.79 Å². The number of aryl methyl sites for hydroxylation is 2. The molecule has 1 aromatic heterocycles. The van der Waals surface area contributed by atoms with Crippen LogP contribution >= 0.6 is 22.9 Å². The highest BCUT2D eigenvalue weighted by Gasteiger charge is 2.23. The van der Waals surface area contributed by atoms with E-state index in [2.05, 4.69) is 4.98 Å². The van der Waals surface area contributed by atoms with Gasteiger partial charge >= 0.3 is 5.97 Å². The van der Waals surface area contributed by atoms with Gasteiger partial charge in [-0.2, -0.15) is 0 Å². The quantitative estimate of drug-likeness (QED) is 0.487. The van der Waals surface area contributed by atoms with E-state index in [0.29, 0.717) is 12.3 Å². The molecule has 0 amide bonds. The van der Waals surface area contributed by atoms with E-state index in [1.807, 2.05) is 0 Å². The highest BCUT2D eigenvalue weighted by atomic mass is 35.5. The second kappa shape index (κ2) is 6.57. The fourth-order valence-electron chi connectivity index (χ4n) is 2.33. The fraction of sp³-hybridized carbons (Fsp3) is 0.692. The predicted molar refractivity (Wildman–Crippen MR) is 74.8 cm³/mol. The largest absolute Gasteiger partial charge is 0.473 e. The molecule has 1 heterocycles. The van der Waals surface area contributed by atoms with Crippen molar-refractivity contribution in [2.45, 2.75) is 44.6 Å². The molecule has 106 valence electrons. The molecule has 0 fully saturated rings. The lowest BCUT2D eigenvalue weighted by Gasteiger charge is -2.13. The number of thiazole rings is 1. The van der Waals surface area contributed by atoms with Crippen LogP contribution < -0.4 is 4.74 Å². The van der Waals surface area contributed by atoms with Gasteiger partial charge in [0.05, 0.1) is 12.8 Å². The predicted octanol–water partition coefficient (Wildman–Crippen LogP) is 3.16. The number of fused-ring (bicyclic) bond motifs is 1. The number of esters is 1. The Morgan fingerprint density at radius 3 is 2.95 bits per heavy atom. The molecule has 2 atom stereocenters. The van der Waals surface area contributed by atoms with E-state index < -0.39 is 5.56 Å². The lowest BCUT2D eigenvalue weighted by atomic mass is 9.96. The summed E-state index contributed by atoms with van der Waals surface area (Å²) < 4.78 is 10.1. The average molecular weight is 304 g/mol. The maximum Gasteiger partial charge on any atom is 0.307 e. The maximum atomic E-state index is 11.6. The number of aromatic nitrogens is 1. The highest BCUT2D eigenvalue weighted by molar-refractivity contribution is 7.13. The Kier molecular flexibility index (Phi) is 5.05. The molecule has 0 aromatic carbocycles. The maximum absolute atomic E-state index is 11.6. The second-order valence-electron chi connectivity index (χ2n) is 4.73. The first-order valence-electron chi connectivity index (χ1n) is 6.44. The summed E-state index contributed by atoms with van der Waals surface area (Å²) in [6.07, 6.45) is 4.27. The Morgan fingerprint density at radius 2 is 2.26 bits per heavy atom. The molecule has 0 saturated carbocycles. The molecule has 0 saturated heterocycles. The molecule has 1 aliphatic carbocycles. The van der Waals surface area contributed by atoms with Crippen LogP contribution in [0, 0.1) is 5.92 Å². The van der Waals surface area contributed by atoms with Crippen molar-refractivity contribution in [2.75, 3.05) is 7.11 Å². The highest BCUT2D eigenvalue weighted by Crippen LogP contribution is 2.33. The van der Waals surface area contributed by atoms with Crippen LogP contribution in [-0.2, 0) is 22.4 Å². The summed E-state index contributed by atoms with van der Waals surface area (Å²) in [5, 5.41) is 0.735. The Balaban J connectivity index is 1.89. The van der Waals surface area contributed by atoms with Crippen LogP contribution in [0.2, 0.25) is 0 Å². The van der Waals surface area contributed by atoms with Crippen molar-refractivity contribution in [3.05, 3.63) is 10.6 Å². The standard InChI is InChI=1S/C13H18ClNO3S/c1-8(14)18-12(16)7-9-3-5-10-11(6-4-9)19-13(15-10)17-2/h8-9H,3-7H2,1-2H3. The zero-order valence-corrected chi connectivity index (χ0v) is 12.7. The minimum Gasteiger partial charge on any atom is -0.473 e. The van der Waals surface area contributed by atoms with Crippen molar-refractivity contribution < 1.29 is 14.3 Å². The van der Waals surface area contributed by atoms with E-state index in [1.165, 1.54) is 4.88 Å². The summed E-state index contributed by atoms with van der Waals surface area (Å²) in [6, 6.07) is 0. The van der Waals surface area contributed by atoms with E-state index in [4.69, 9.17) is 21.1 Å². The summed E-state index contributed by atoms with van der Waals surface area (Å²) in [5.41, 5.74) is 0.578. The molecule has 0 spiro atoms. The van der Waals surface area contributed by atoms with Crippen molar-refractivity contribution in [1.29, 1.82) is 0 Å².